The molecule has 0 radical (unpaired) electrons. The van der Waals surface area contributed by atoms with E-state index >= 15 is 0 Å². The van der Waals surface area contributed by atoms with Gasteiger partial charge in [-0.25, -0.2) is 0 Å². The molecule has 18 heavy (non-hydrogen) atoms. The van der Waals surface area contributed by atoms with E-state index in [-0.39, 0.29) is 11.7 Å². The third-order valence-corrected chi connectivity index (χ3v) is 3.18. The van der Waals surface area contributed by atoms with Crippen LogP contribution < -0.4 is 0 Å². The van der Waals surface area contributed by atoms with Crippen molar-refractivity contribution in [3.63, 3.8) is 0 Å². The first-order valence-corrected chi connectivity index (χ1v) is 5.89. The van der Waals surface area contributed by atoms with Gasteiger partial charge in [0.25, 0.3) is 5.91 Å². The molecule has 0 aliphatic carbocycles. The highest BCUT2D eigenvalue weighted by Gasteiger charge is 2.26. The minimum absolute atomic E-state index is 0.0638. The Hall–Kier alpha value is -2.29. The fourth-order valence-corrected chi connectivity index (χ4v) is 2.32. The summed E-state index contributed by atoms with van der Waals surface area (Å²) >= 11 is 0. The molecule has 1 aliphatic heterocycles. The number of carbonyl (C=O) groups is 1. The van der Waals surface area contributed by atoms with Gasteiger partial charge < -0.3 is 10.0 Å². The molecule has 0 bridgehead atoms. The second-order valence-electron chi connectivity index (χ2n) is 4.49. The molecule has 0 aromatic heterocycles. The molecule has 90 valence electrons. The molecule has 0 saturated carbocycles. The largest absolute Gasteiger partial charge is 0.508 e. The molecule has 0 saturated heterocycles. The van der Waals surface area contributed by atoms with Crippen molar-refractivity contribution in [3.8, 4) is 5.75 Å². The SMILES string of the molecule is O=C1c2ccccc2CN1Cc1cccc(O)c1. The minimum atomic E-state index is 0.0638. The van der Waals surface area contributed by atoms with Gasteiger partial charge in [-0.2, -0.15) is 0 Å². The van der Waals surface area contributed by atoms with E-state index in [9.17, 15) is 9.90 Å². The number of phenolic OH excluding ortho intramolecular Hbond substituents is 1. The number of benzene rings is 2. The molecule has 0 fully saturated rings. The fraction of sp³-hybridized carbons (Fsp3) is 0.133. The van der Waals surface area contributed by atoms with Crippen LogP contribution in [-0.4, -0.2) is 15.9 Å². The van der Waals surface area contributed by atoms with E-state index in [1.54, 1.807) is 23.1 Å². The topological polar surface area (TPSA) is 40.5 Å². The van der Waals surface area contributed by atoms with Gasteiger partial charge in [-0.3, -0.25) is 4.79 Å². The lowest BCUT2D eigenvalue weighted by molar-refractivity contribution is 0.0766. The first-order chi connectivity index (χ1) is 8.74. The first kappa shape index (κ1) is 10.8. The van der Waals surface area contributed by atoms with Gasteiger partial charge in [0.05, 0.1) is 0 Å². The maximum absolute atomic E-state index is 12.1. The number of phenols is 1. The summed E-state index contributed by atoms with van der Waals surface area (Å²) in [4.78, 5) is 13.9. The van der Waals surface area contributed by atoms with E-state index in [1.807, 2.05) is 30.3 Å². The van der Waals surface area contributed by atoms with Crippen molar-refractivity contribution in [1.82, 2.24) is 4.90 Å². The molecule has 2 aromatic rings. The molecule has 1 amide bonds. The number of carbonyl (C=O) groups excluding carboxylic acids is 1. The van der Waals surface area contributed by atoms with Crippen LogP contribution in [0.4, 0.5) is 0 Å². The summed E-state index contributed by atoms with van der Waals surface area (Å²) in [7, 11) is 0. The zero-order chi connectivity index (χ0) is 12.5. The summed E-state index contributed by atoms with van der Waals surface area (Å²) in [6, 6.07) is 14.7. The van der Waals surface area contributed by atoms with E-state index in [1.165, 1.54) is 0 Å². The van der Waals surface area contributed by atoms with Gasteiger partial charge in [-0.15, -0.1) is 0 Å². The Balaban J connectivity index is 1.83. The molecule has 0 unspecified atom stereocenters. The summed E-state index contributed by atoms with van der Waals surface area (Å²) in [5.41, 5.74) is 2.80. The number of hydrogen-bond acceptors (Lipinski definition) is 2. The van der Waals surface area contributed by atoms with Crippen LogP contribution in [0.2, 0.25) is 0 Å². The van der Waals surface area contributed by atoms with Crippen LogP contribution in [0.15, 0.2) is 48.5 Å². The second-order valence-corrected chi connectivity index (χ2v) is 4.49. The van der Waals surface area contributed by atoms with E-state index < -0.39 is 0 Å². The monoisotopic (exact) mass is 239 g/mol. The fourth-order valence-electron chi connectivity index (χ4n) is 2.32. The Morgan fingerprint density at radius 1 is 1.11 bits per heavy atom. The van der Waals surface area contributed by atoms with Crippen LogP contribution in [0.3, 0.4) is 0 Å². The van der Waals surface area contributed by atoms with Crippen molar-refractivity contribution in [3.05, 3.63) is 65.2 Å². The third kappa shape index (κ3) is 1.84. The summed E-state index contributed by atoms with van der Waals surface area (Å²) in [6.07, 6.45) is 0. The van der Waals surface area contributed by atoms with Gasteiger partial charge in [0.2, 0.25) is 0 Å². The lowest BCUT2D eigenvalue weighted by Gasteiger charge is -2.15. The number of amides is 1. The highest BCUT2D eigenvalue weighted by molar-refractivity contribution is 5.98. The number of hydrogen-bond donors (Lipinski definition) is 1. The van der Waals surface area contributed by atoms with Crippen LogP contribution in [-0.2, 0) is 13.1 Å². The Bertz CT molecular complexity index is 607. The van der Waals surface area contributed by atoms with Crippen molar-refractivity contribution in [2.45, 2.75) is 13.1 Å². The van der Waals surface area contributed by atoms with Gasteiger partial charge in [-0.05, 0) is 29.3 Å². The van der Waals surface area contributed by atoms with Gasteiger partial charge in [-0.1, -0.05) is 30.3 Å². The standard InChI is InChI=1S/C15H13NO2/c17-13-6-3-4-11(8-13)9-16-10-12-5-1-2-7-14(12)15(16)18/h1-8,17H,9-10H2. The Morgan fingerprint density at radius 3 is 2.72 bits per heavy atom. The van der Waals surface area contributed by atoms with E-state index in [0.29, 0.717) is 13.1 Å². The van der Waals surface area contributed by atoms with E-state index in [4.69, 9.17) is 0 Å². The zero-order valence-corrected chi connectivity index (χ0v) is 9.84. The average molecular weight is 239 g/mol. The van der Waals surface area contributed by atoms with Crippen LogP contribution in [0.25, 0.3) is 0 Å². The van der Waals surface area contributed by atoms with E-state index in [0.717, 1.165) is 16.7 Å². The third-order valence-electron chi connectivity index (χ3n) is 3.18. The van der Waals surface area contributed by atoms with Gasteiger partial charge in [0.15, 0.2) is 0 Å². The van der Waals surface area contributed by atoms with Crippen LogP contribution in [0.5, 0.6) is 5.75 Å². The summed E-state index contributed by atoms with van der Waals surface area (Å²) < 4.78 is 0. The Kier molecular flexibility index (Phi) is 2.52. The molecule has 2 aromatic carbocycles. The molecule has 0 spiro atoms. The molecule has 1 aliphatic rings. The molecular formula is C15H13NO2. The average Bonchev–Trinajstić information content (AvgIpc) is 2.67. The van der Waals surface area contributed by atoms with Crippen molar-refractivity contribution >= 4 is 5.91 Å². The van der Waals surface area contributed by atoms with E-state index in [2.05, 4.69) is 0 Å². The van der Waals surface area contributed by atoms with Crippen LogP contribution in [0, 0.1) is 0 Å². The predicted octanol–water partition coefficient (Wildman–Crippen LogP) is 2.55. The first-order valence-electron chi connectivity index (χ1n) is 5.89. The molecule has 3 rings (SSSR count). The highest BCUT2D eigenvalue weighted by atomic mass is 16.3. The molecule has 3 nitrogen and oxygen atoms in total. The maximum Gasteiger partial charge on any atom is 0.254 e. The lowest BCUT2D eigenvalue weighted by atomic mass is 10.1. The van der Waals surface area contributed by atoms with Gasteiger partial charge in [0, 0.05) is 18.7 Å². The molecule has 1 N–H and O–H groups in total. The smallest absolute Gasteiger partial charge is 0.254 e. The predicted molar refractivity (Wildman–Crippen MR) is 68.1 cm³/mol. The maximum atomic E-state index is 12.1. The van der Waals surface area contributed by atoms with Gasteiger partial charge in [0.1, 0.15) is 5.75 Å². The van der Waals surface area contributed by atoms with Gasteiger partial charge >= 0.3 is 0 Å². The molecule has 3 heteroatoms. The number of rotatable bonds is 2. The Morgan fingerprint density at radius 2 is 1.94 bits per heavy atom. The number of aromatic hydroxyl groups is 1. The highest BCUT2D eigenvalue weighted by Crippen LogP contribution is 2.24. The second kappa shape index (κ2) is 4.18. The quantitative estimate of drug-likeness (QED) is 0.874. The van der Waals surface area contributed by atoms with Crippen LogP contribution in [0.1, 0.15) is 21.5 Å². The van der Waals surface area contributed by atoms with Crippen molar-refractivity contribution < 1.29 is 9.90 Å². The number of fused-ring (bicyclic) bond motifs is 1. The van der Waals surface area contributed by atoms with Crippen molar-refractivity contribution in [1.29, 1.82) is 0 Å². The van der Waals surface area contributed by atoms with Crippen LogP contribution >= 0.6 is 0 Å². The Labute approximate surface area is 105 Å². The minimum Gasteiger partial charge on any atom is -0.508 e. The molecular weight excluding hydrogens is 226 g/mol. The lowest BCUT2D eigenvalue weighted by Crippen LogP contribution is -2.23. The molecule has 0 atom stereocenters. The van der Waals surface area contributed by atoms with Crippen molar-refractivity contribution in [2.75, 3.05) is 0 Å². The number of nitrogens with zero attached hydrogens (tertiary/aromatic N) is 1. The van der Waals surface area contributed by atoms with Crippen molar-refractivity contribution in [2.24, 2.45) is 0 Å². The normalized spacial score (nSPS) is 13.8. The molecule has 1 heterocycles. The summed E-state index contributed by atoms with van der Waals surface area (Å²) in [5.74, 6) is 0.297. The zero-order valence-electron chi connectivity index (χ0n) is 9.84. The summed E-state index contributed by atoms with van der Waals surface area (Å²) in [6.45, 7) is 1.17. The summed E-state index contributed by atoms with van der Waals surface area (Å²) in [5, 5.41) is 9.42.